The summed E-state index contributed by atoms with van der Waals surface area (Å²) in [6.07, 6.45) is 1.56. The van der Waals surface area contributed by atoms with Gasteiger partial charge in [-0.3, -0.25) is 9.59 Å². The summed E-state index contributed by atoms with van der Waals surface area (Å²) in [6.45, 7) is 1.36. The minimum atomic E-state index is -1.84. The molecule has 0 radical (unpaired) electrons. The largest absolute Gasteiger partial charge is 0.479 e. The highest BCUT2D eigenvalue weighted by Gasteiger charge is 2.19. The molecule has 0 aliphatic rings. The Balaban J connectivity index is 3.69. The van der Waals surface area contributed by atoms with Crippen molar-refractivity contribution in [1.29, 1.82) is 0 Å². The maximum atomic E-state index is 11.4. The number of hydrogen-bond donors (Lipinski definition) is 3. The van der Waals surface area contributed by atoms with Crippen molar-refractivity contribution in [3.63, 3.8) is 0 Å². The molecule has 0 aromatic heterocycles. The summed E-state index contributed by atoms with van der Waals surface area (Å²) in [5, 5.41) is 26.8. The van der Waals surface area contributed by atoms with Gasteiger partial charge in [0.2, 0.25) is 0 Å². The number of unbranched alkanes of at least 4 members (excludes halogenated alkanes) is 4. The lowest BCUT2D eigenvalue weighted by molar-refractivity contribution is -0.159. The fraction of sp³-hybridized carbons (Fsp3) is 0.800. The van der Waals surface area contributed by atoms with E-state index in [-0.39, 0.29) is 13.0 Å². The smallest absolute Gasteiger partial charge is 0.333 e. The first-order valence-corrected chi connectivity index (χ1v) is 7.77. The molecule has 0 aliphatic heterocycles. The molecule has 2 atom stereocenters. The summed E-state index contributed by atoms with van der Waals surface area (Å²) >= 11 is 0. The van der Waals surface area contributed by atoms with Crippen molar-refractivity contribution in [3.8, 4) is 0 Å². The van der Waals surface area contributed by atoms with Gasteiger partial charge >= 0.3 is 17.9 Å². The standard InChI is InChI=1S/C15H26O8/c1-2-3-4-5-6-7-13(18)22-9-11(16)10-23-14(19)8-12(17)15(20)21/h11-12,16-17H,2-10H2,1H3,(H,20,21). The molecule has 0 fully saturated rings. The Labute approximate surface area is 135 Å². The summed E-state index contributed by atoms with van der Waals surface area (Å²) < 4.78 is 9.42. The zero-order chi connectivity index (χ0) is 17.7. The zero-order valence-corrected chi connectivity index (χ0v) is 13.4. The predicted molar refractivity (Wildman–Crippen MR) is 79.6 cm³/mol. The SMILES string of the molecule is CCCCCCCC(=O)OCC(O)COC(=O)CC(O)C(=O)O. The Hall–Kier alpha value is -1.67. The zero-order valence-electron chi connectivity index (χ0n) is 13.4. The van der Waals surface area contributed by atoms with Crippen molar-refractivity contribution >= 4 is 17.9 Å². The van der Waals surface area contributed by atoms with Crippen LogP contribution in [0.4, 0.5) is 0 Å². The van der Waals surface area contributed by atoms with Crippen LogP contribution in [-0.2, 0) is 23.9 Å². The molecule has 3 N–H and O–H groups in total. The predicted octanol–water partition coefficient (Wildman–Crippen LogP) is 0.630. The summed E-state index contributed by atoms with van der Waals surface area (Å²) in [5.41, 5.74) is 0. The first-order chi connectivity index (χ1) is 10.9. The minimum absolute atomic E-state index is 0.279. The molecule has 0 amide bonds. The number of esters is 2. The summed E-state index contributed by atoms with van der Waals surface area (Å²) in [6, 6.07) is 0. The van der Waals surface area contributed by atoms with Gasteiger partial charge in [0.15, 0.2) is 6.10 Å². The van der Waals surface area contributed by atoms with Crippen LogP contribution in [0.5, 0.6) is 0 Å². The molecular weight excluding hydrogens is 308 g/mol. The van der Waals surface area contributed by atoms with Crippen LogP contribution in [0.15, 0.2) is 0 Å². The summed E-state index contributed by atoms with van der Waals surface area (Å²) in [5.74, 6) is -2.91. The van der Waals surface area contributed by atoms with Gasteiger partial charge in [-0.05, 0) is 6.42 Å². The Bertz CT molecular complexity index is 368. The van der Waals surface area contributed by atoms with Crippen LogP contribution in [-0.4, -0.2) is 58.6 Å². The highest BCUT2D eigenvalue weighted by molar-refractivity contribution is 5.80. The number of aliphatic carboxylic acids is 1. The average molecular weight is 334 g/mol. The monoisotopic (exact) mass is 334 g/mol. The molecule has 2 unspecified atom stereocenters. The second-order valence-electron chi connectivity index (χ2n) is 5.24. The molecule has 0 aliphatic carbocycles. The van der Waals surface area contributed by atoms with Crippen molar-refractivity contribution < 1.29 is 39.2 Å². The van der Waals surface area contributed by atoms with Crippen LogP contribution in [0.1, 0.15) is 51.9 Å². The number of carbonyl (C=O) groups excluding carboxylic acids is 2. The average Bonchev–Trinajstić information content (AvgIpc) is 2.50. The molecule has 23 heavy (non-hydrogen) atoms. The lowest BCUT2D eigenvalue weighted by Crippen LogP contribution is -2.28. The third-order valence-electron chi connectivity index (χ3n) is 3.00. The van der Waals surface area contributed by atoms with Crippen LogP contribution in [0.3, 0.4) is 0 Å². The second kappa shape index (κ2) is 12.8. The minimum Gasteiger partial charge on any atom is -0.479 e. The number of aliphatic hydroxyl groups is 2. The third kappa shape index (κ3) is 12.5. The van der Waals surface area contributed by atoms with Crippen LogP contribution in [0.25, 0.3) is 0 Å². The van der Waals surface area contributed by atoms with Gasteiger partial charge in [-0.25, -0.2) is 4.79 Å². The van der Waals surface area contributed by atoms with Gasteiger partial charge < -0.3 is 24.8 Å². The van der Waals surface area contributed by atoms with Gasteiger partial charge in [0.1, 0.15) is 19.3 Å². The van der Waals surface area contributed by atoms with Gasteiger partial charge in [-0.2, -0.15) is 0 Å². The molecule has 0 saturated heterocycles. The van der Waals surface area contributed by atoms with Crippen molar-refractivity contribution in [1.82, 2.24) is 0 Å². The number of carboxylic acid groups (broad SMARTS) is 1. The number of carbonyl (C=O) groups is 3. The molecular formula is C15H26O8. The van der Waals surface area contributed by atoms with Crippen LogP contribution in [0, 0.1) is 0 Å². The van der Waals surface area contributed by atoms with E-state index in [0.29, 0.717) is 0 Å². The van der Waals surface area contributed by atoms with E-state index in [9.17, 15) is 19.5 Å². The second-order valence-corrected chi connectivity index (χ2v) is 5.24. The van der Waals surface area contributed by atoms with Gasteiger partial charge in [0.05, 0.1) is 6.42 Å². The fourth-order valence-corrected chi connectivity index (χ4v) is 1.68. The van der Waals surface area contributed by atoms with Gasteiger partial charge in [-0.15, -0.1) is 0 Å². The summed E-state index contributed by atoms with van der Waals surface area (Å²) in [4.78, 5) is 32.9. The molecule has 0 spiro atoms. The van der Waals surface area contributed by atoms with Crippen LogP contribution in [0.2, 0.25) is 0 Å². The van der Waals surface area contributed by atoms with E-state index >= 15 is 0 Å². The van der Waals surface area contributed by atoms with Gasteiger partial charge in [-0.1, -0.05) is 32.6 Å². The molecule has 134 valence electrons. The molecule has 0 heterocycles. The van der Waals surface area contributed by atoms with E-state index in [2.05, 4.69) is 11.7 Å². The number of carboxylic acids is 1. The van der Waals surface area contributed by atoms with Gasteiger partial charge in [0, 0.05) is 6.42 Å². The molecule has 0 aromatic carbocycles. The normalized spacial score (nSPS) is 13.2. The number of aliphatic hydroxyl groups excluding tert-OH is 2. The van der Waals surface area contributed by atoms with E-state index in [1.165, 1.54) is 0 Å². The topological polar surface area (TPSA) is 130 Å². The lowest BCUT2D eigenvalue weighted by Gasteiger charge is -2.12. The Morgan fingerprint density at radius 3 is 2.04 bits per heavy atom. The first kappa shape index (κ1) is 21.3. The lowest BCUT2D eigenvalue weighted by atomic mass is 10.1. The first-order valence-electron chi connectivity index (χ1n) is 7.77. The van der Waals surface area contributed by atoms with E-state index in [4.69, 9.17) is 14.9 Å². The van der Waals surface area contributed by atoms with Crippen LogP contribution >= 0.6 is 0 Å². The van der Waals surface area contributed by atoms with E-state index < -0.39 is 43.1 Å². The Kier molecular flexibility index (Phi) is 11.9. The molecule has 8 heteroatoms. The van der Waals surface area contributed by atoms with Gasteiger partial charge in [0.25, 0.3) is 0 Å². The Morgan fingerprint density at radius 1 is 0.913 bits per heavy atom. The maximum absolute atomic E-state index is 11.4. The molecule has 0 rings (SSSR count). The third-order valence-corrected chi connectivity index (χ3v) is 3.00. The highest BCUT2D eigenvalue weighted by Crippen LogP contribution is 2.06. The molecule has 0 saturated carbocycles. The van der Waals surface area contributed by atoms with Crippen molar-refractivity contribution in [2.45, 2.75) is 64.1 Å². The van der Waals surface area contributed by atoms with Crippen LogP contribution < -0.4 is 0 Å². The van der Waals surface area contributed by atoms with E-state index in [1.807, 2.05) is 0 Å². The molecule has 8 nitrogen and oxygen atoms in total. The number of ether oxygens (including phenoxy) is 2. The van der Waals surface area contributed by atoms with Crippen molar-refractivity contribution in [3.05, 3.63) is 0 Å². The van der Waals surface area contributed by atoms with E-state index in [1.54, 1.807) is 0 Å². The quantitative estimate of drug-likeness (QED) is 0.330. The summed E-state index contributed by atoms with van der Waals surface area (Å²) in [7, 11) is 0. The fourth-order valence-electron chi connectivity index (χ4n) is 1.68. The molecule has 0 bridgehead atoms. The Morgan fingerprint density at radius 2 is 1.48 bits per heavy atom. The number of rotatable bonds is 13. The maximum Gasteiger partial charge on any atom is 0.333 e. The molecule has 0 aromatic rings. The van der Waals surface area contributed by atoms with E-state index in [0.717, 1.165) is 32.1 Å². The van der Waals surface area contributed by atoms with Crippen molar-refractivity contribution in [2.75, 3.05) is 13.2 Å². The van der Waals surface area contributed by atoms with Crippen molar-refractivity contribution in [2.24, 2.45) is 0 Å². The number of hydrogen-bond acceptors (Lipinski definition) is 7. The highest BCUT2D eigenvalue weighted by atomic mass is 16.6.